The van der Waals surface area contributed by atoms with Crippen LogP contribution in [-0.2, 0) is 10.1 Å². The summed E-state index contributed by atoms with van der Waals surface area (Å²) in [5.41, 5.74) is 0. The summed E-state index contributed by atoms with van der Waals surface area (Å²) in [6, 6.07) is 0. The maximum Gasteiger partial charge on any atom is 0.267 e. The van der Waals surface area contributed by atoms with E-state index in [1.54, 1.807) is 0 Å². The van der Waals surface area contributed by atoms with E-state index in [0.29, 0.717) is 0 Å². The molecule has 52 valence electrons. The number of rotatable bonds is 1. The highest BCUT2D eigenvalue weighted by Gasteiger charge is 2.08. The van der Waals surface area contributed by atoms with Crippen LogP contribution in [0.25, 0.3) is 0 Å². The zero-order chi connectivity index (χ0) is 6.08. The summed E-state index contributed by atoms with van der Waals surface area (Å²) in [6.07, 6.45) is 0. The minimum atomic E-state index is -3.74. The van der Waals surface area contributed by atoms with E-state index >= 15 is 0 Å². The molecule has 0 aromatic carbocycles. The van der Waals surface area contributed by atoms with Crippen molar-refractivity contribution in [3.05, 3.63) is 0 Å². The van der Waals surface area contributed by atoms with E-state index in [0.717, 1.165) is 0 Å². The molecule has 0 saturated carbocycles. The molecule has 4 nitrogen and oxygen atoms in total. The molecule has 0 unspecified atom stereocenters. The molecule has 0 amide bonds. The van der Waals surface area contributed by atoms with Crippen molar-refractivity contribution in [3.63, 3.8) is 0 Å². The van der Waals surface area contributed by atoms with E-state index in [1.807, 2.05) is 0 Å². The fraction of sp³-hybridized carbons (Fsp3) is 1.00. The molecule has 0 radical (unpaired) electrons. The topological polar surface area (TPSA) is 85.9 Å². The summed E-state index contributed by atoms with van der Waals surface area (Å²) >= 11 is 0. The Morgan fingerprint density at radius 2 is 1.50 bits per heavy atom. The lowest BCUT2D eigenvalue weighted by atomic mass is 10.6. The van der Waals surface area contributed by atoms with E-state index in [1.165, 1.54) is 13.8 Å². The summed E-state index contributed by atoms with van der Waals surface area (Å²) in [6.45, 7) is 2.82. The van der Waals surface area contributed by atoms with Gasteiger partial charge in [0.05, 0.1) is 5.25 Å². The fourth-order valence-corrected chi connectivity index (χ4v) is 0. The maximum atomic E-state index is 9.89. The molecule has 0 bridgehead atoms. The lowest BCUT2D eigenvalue weighted by Crippen LogP contribution is -2.10. The molecule has 0 heterocycles. The Morgan fingerprint density at radius 1 is 1.38 bits per heavy atom. The second-order valence-electron chi connectivity index (χ2n) is 1.56. The van der Waals surface area contributed by atoms with E-state index in [9.17, 15) is 8.42 Å². The summed E-state index contributed by atoms with van der Waals surface area (Å²) < 4.78 is 27.8. The molecular weight excluding hydrogens is 132 g/mol. The highest BCUT2D eigenvalue weighted by atomic mass is 32.2. The molecule has 0 aliphatic carbocycles. The molecule has 0 aliphatic heterocycles. The minimum absolute atomic E-state index is 0. The first-order valence-corrected chi connectivity index (χ1v) is 3.41. The first-order valence-electron chi connectivity index (χ1n) is 1.91. The van der Waals surface area contributed by atoms with Gasteiger partial charge in [0.25, 0.3) is 10.1 Å². The maximum absolute atomic E-state index is 9.89. The Balaban J connectivity index is 0. The Bertz CT molecular complexity index is 133. The van der Waals surface area contributed by atoms with E-state index in [-0.39, 0.29) is 5.48 Å². The molecule has 8 heavy (non-hydrogen) atoms. The minimum Gasteiger partial charge on any atom is -0.412 e. The van der Waals surface area contributed by atoms with Crippen molar-refractivity contribution in [2.24, 2.45) is 0 Å². The Labute approximate surface area is 48.6 Å². The van der Waals surface area contributed by atoms with Gasteiger partial charge in [0, 0.05) is 0 Å². The highest BCUT2D eigenvalue weighted by molar-refractivity contribution is 7.86. The normalized spacial score (nSPS) is 11.0. The van der Waals surface area contributed by atoms with Crippen LogP contribution in [0.15, 0.2) is 0 Å². The largest absolute Gasteiger partial charge is 0.412 e. The summed E-state index contributed by atoms with van der Waals surface area (Å²) in [5.74, 6) is 0. The first-order chi connectivity index (χ1) is 2.94. The van der Waals surface area contributed by atoms with Crippen LogP contribution >= 0.6 is 0 Å². The molecule has 0 spiro atoms. The molecule has 0 fully saturated rings. The molecule has 0 aromatic heterocycles. The Morgan fingerprint density at radius 3 is 1.50 bits per heavy atom. The lowest BCUT2D eigenvalue weighted by Gasteiger charge is -1.94. The van der Waals surface area contributed by atoms with Gasteiger partial charge in [-0.1, -0.05) is 0 Å². The Hall–Kier alpha value is -0.130. The first kappa shape index (κ1) is 10.8. The average molecular weight is 142 g/mol. The van der Waals surface area contributed by atoms with Gasteiger partial charge in [-0.2, -0.15) is 8.42 Å². The Kier molecular flexibility index (Phi) is 4.05. The van der Waals surface area contributed by atoms with Crippen molar-refractivity contribution in [1.29, 1.82) is 0 Å². The van der Waals surface area contributed by atoms with Crippen LogP contribution in [0, 0.1) is 0 Å². The number of hydrogen-bond acceptors (Lipinski definition) is 2. The second kappa shape index (κ2) is 3.01. The van der Waals surface area contributed by atoms with Crippen molar-refractivity contribution >= 4 is 10.1 Å². The molecule has 0 aliphatic rings. The third kappa shape index (κ3) is 4.04. The highest BCUT2D eigenvalue weighted by Crippen LogP contribution is 1.91. The van der Waals surface area contributed by atoms with Crippen LogP contribution in [0.2, 0.25) is 0 Å². The zero-order valence-corrected chi connectivity index (χ0v) is 5.57. The third-order valence-electron chi connectivity index (χ3n) is 0.596. The number of hydrogen-bond donors (Lipinski definition) is 1. The predicted octanol–water partition coefficient (Wildman–Crippen LogP) is -0.542. The fourth-order valence-electron chi connectivity index (χ4n) is 0. The van der Waals surface area contributed by atoms with Crippen molar-refractivity contribution in [1.82, 2.24) is 0 Å². The van der Waals surface area contributed by atoms with Crippen molar-refractivity contribution < 1.29 is 18.4 Å². The van der Waals surface area contributed by atoms with E-state index in [2.05, 4.69) is 0 Å². The van der Waals surface area contributed by atoms with Gasteiger partial charge in [0.15, 0.2) is 0 Å². The van der Waals surface area contributed by atoms with Crippen LogP contribution in [0.5, 0.6) is 0 Å². The molecule has 0 rings (SSSR count). The molecule has 5 heteroatoms. The van der Waals surface area contributed by atoms with Gasteiger partial charge in [-0.05, 0) is 13.8 Å². The van der Waals surface area contributed by atoms with Crippen LogP contribution in [0.1, 0.15) is 13.8 Å². The second-order valence-corrected chi connectivity index (χ2v) is 3.54. The molecular formula is C3H10O4S. The standard InChI is InChI=1S/C3H8O3S.H2O/c1-3(2)7(4,5)6;/h3H,1-2H3,(H,4,5,6);1H2. The van der Waals surface area contributed by atoms with Gasteiger partial charge in [-0.25, -0.2) is 0 Å². The van der Waals surface area contributed by atoms with Gasteiger partial charge in [-0.3, -0.25) is 4.55 Å². The average Bonchev–Trinajstić information content (AvgIpc) is 1.31. The van der Waals surface area contributed by atoms with Gasteiger partial charge < -0.3 is 5.48 Å². The molecule has 3 N–H and O–H groups in total. The molecule has 0 saturated heterocycles. The molecule has 0 atom stereocenters. The van der Waals surface area contributed by atoms with Gasteiger partial charge in [-0.15, -0.1) is 0 Å². The van der Waals surface area contributed by atoms with Crippen LogP contribution < -0.4 is 0 Å². The summed E-state index contributed by atoms with van der Waals surface area (Å²) in [7, 11) is -3.74. The van der Waals surface area contributed by atoms with Crippen molar-refractivity contribution in [2.75, 3.05) is 0 Å². The van der Waals surface area contributed by atoms with Crippen LogP contribution in [-0.4, -0.2) is 23.7 Å². The van der Waals surface area contributed by atoms with Crippen molar-refractivity contribution in [3.8, 4) is 0 Å². The van der Waals surface area contributed by atoms with Crippen LogP contribution in [0.4, 0.5) is 0 Å². The van der Waals surface area contributed by atoms with E-state index in [4.69, 9.17) is 4.55 Å². The zero-order valence-electron chi connectivity index (χ0n) is 4.75. The predicted molar refractivity (Wildman–Crippen MR) is 30.3 cm³/mol. The summed E-state index contributed by atoms with van der Waals surface area (Å²) in [4.78, 5) is 0. The van der Waals surface area contributed by atoms with Gasteiger partial charge >= 0.3 is 0 Å². The van der Waals surface area contributed by atoms with Gasteiger partial charge in [0.1, 0.15) is 0 Å². The third-order valence-corrected chi connectivity index (χ3v) is 1.79. The monoisotopic (exact) mass is 142 g/mol. The molecule has 0 aromatic rings. The SMILES string of the molecule is CC(C)S(=O)(=O)O.O. The smallest absolute Gasteiger partial charge is 0.267 e. The van der Waals surface area contributed by atoms with E-state index < -0.39 is 15.4 Å². The summed E-state index contributed by atoms with van der Waals surface area (Å²) in [5, 5.41) is -0.674. The van der Waals surface area contributed by atoms with Crippen LogP contribution in [0.3, 0.4) is 0 Å². The lowest BCUT2D eigenvalue weighted by molar-refractivity contribution is 0.473. The van der Waals surface area contributed by atoms with Crippen molar-refractivity contribution in [2.45, 2.75) is 19.1 Å². The quantitative estimate of drug-likeness (QED) is 0.499. The van der Waals surface area contributed by atoms with Gasteiger partial charge in [0.2, 0.25) is 0 Å².